The topological polar surface area (TPSA) is 49.8 Å². The first-order chi connectivity index (χ1) is 6.24. The second kappa shape index (κ2) is 5.19. The SMILES string of the molecule is CCCCN1CCO[C@H](C(=O)O)C1. The van der Waals surface area contributed by atoms with Crippen LogP contribution in [0.2, 0.25) is 0 Å². The lowest BCUT2D eigenvalue weighted by Crippen LogP contribution is -2.46. The van der Waals surface area contributed by atoms with Crippen molar-refractivity contribution in [2.24, 2.45) is 0 Å². The summed E-state index contributed by atoms with van der Waals surface area (Å²) in [5, 5.41) is 8.73. The molecule has 1 heterocycles. The van der Waals surface area contributed by atoms with Crippen LogP contribution >= 0.6 is 0 Å². The third-order valence-corrected chi connectivity index (χ3v) is 2.25. The van der Waals surface area contributed by atoms with Crippen molar-refractivity contribution in [3.05, 3.63) is 0 Å². The van der Waals surface area contributed by atoms with E-state index < -0.39 is 12.1 Å². The van der Waals surface area contributed by atoms with Crippen molar-refractivity contribution < 1.29 is 14.6 Å². The van der Waals surface area contributed by atoms with Gasteiger partial charge in [-0.3, -0.25) is 4.90 Å². The Morgan fingerprint density at radius 2 is 2.46 bits per heavy atom. The molecule has 0 aromatic rings. The minimum absolute atomic E-state index is 0.537. The van der Waals surface area contributed by atoms with E-state index in [2.05, 4.69) is 11.8 Å². The van der Waals surface area contributed by atoms with E-state index in [1.165, 1.54) is 0 Å². The number of hydrogen-bond acceptors (Lipinski definition) is 3. The first-order valence-electron chi connectivity index (χ1n) is 4.80. The molecule has 4 nitrogen and oxygen atoms in total. The van der Waals surface area contributed by atoms with E-state index in [1.807, 2.05) is 0 Å². The van der Waals surface area contributed by atoms with Crippen molar-refractivity contribution in [2.45, 2.75) is 25.9 Å². The molecule has 1 N–H and O–H groups in total. The van der Waals surface area contributed by atoms with Gasteiger partial charge in [-0.15, -0.1) is 0 Å². The normalized spacial score (nSPS) is 24.5. The number of carbonyl (C=O) groups is 1. The number of aliphatic carboxylic acids is 1. The van der Waals surface area contributed by atoms with Gasteiger partial charge in [0.2, 0.25) is 0 Å². The molecule has 0 saturated carbocycles. The molecule has 1 fully saturated rings. The Morgan fingerprint density at radius 3 is 3.08 bits per heavy atom. The lowest BCUT2D eigenvalue weighted by atomic mass is 10.2. The molecular weight excluding hydrogens is 170 g/mol. The van der Waals surface area contributed by atoms with Gasteiger partial charge < -0.3 is 9.84 Å². The average Bonchev–Trinajstić information content (AvgIpc) is 2.15. The molecular formula is C9H17NO3. The maximum absolute atomic E-state index is 10.6. The van der Waals surface area contributed by atoms with Gasteiger partial charge >= 0.3 is 5.97 Å². The fraction of sp³-hybridized carbons (Fsp3) is 0.889. The number of carboxylic acid groups (broad SMARTS) is 1. The zero-order chi connectivity index (χ0) is 9.68. The highest BCUT2D eigenvalue weighted by molar-refractivity contribution is 5.72. The molecule has 0 radical (unpaired) electrons. The number of rotatable bonds is 4. The van der Waals surface area contributed by atoms with Gasteiger partial charge in [0.05, 0.1) is 6.61 Å². The van der Waals surface area contributed by atoms with Gasteiger partial charge in [-0.05, 0) is 13.0 Å². The maximum Gasteiger partial charge on any atom is 0.334 e. The third kappa shape index (κ3) is 3.32. The molecule has 4 heteroatoms. The second-order valence-electron chi connectivity index (χ2n) is 3.35. The molecule has 13 heavy (non-hydrogen) atoms. The largest absolute Gasteiger partial charge is 0.479 e. The van der Waals surface area contributed by atoms with Crippen LogP contribution in [0, 0.1) is 0 Å². The van der Waals surface area contributed by atoms with Gasteiger partial charge in [0.15, 0.2) is 6.10 Å². The average molecular weight is 187 g/mol. The quantitative estimate of drug-likeness (QED) is 0.699. The predicted octanol–water partition coefficient (Wildman–Crippen LogP) is 0.572. The fourth-order valence-corrected chi connectivity index (χ4v) is 1.44. The minimum atomic E-state index is -0.846. The van der Waals surface area contributed by atoms with Gasteiger partial charge in [-0.1, -0.05) is 13.3 Å². The summed E-state index contributed by atoms with van der Waals surface area (Å²) >= 11 is 0. The molecule has 0 aromatic heterocycles. The van der Waals surface area contributed by atoms with Crippen LogP contribution < -0.4 is 0 Å². The Balaban J connectivity index is 2.29. The van der Waals surface area contributed by atoms with E-state index in [0.29, 0.717) is 13.2 Å². The van der Waals surface area contributed by atoms with Crippen LogP contribution in [-0.4, -0.2) is 48.3 Å². The Bertz CT molecular complexity index is 172. The monoisotopic (exact) mass is 187 g/mol. The maximum atomic E-state index is 10.6. The highest BCUT2D eigenvalue weighted by Crippen LogP contribution is 2.06. The molecule has 1 saturated heterocycles. The van der Waals surface area contributed by atoms with Crippen LogP contribution in [0.4, 0.5) is 0 Å². The Labute approximate surface area is 78.5 Å². The van der Waals surface area contributed by atoms with Crippen molar-refractivity contribution in [3.8, 4) is 0 Å². The molecule has 1 rings (SSSR count). The minimum Gasteiger partial charge on any atom is -0.479 e. The second-order valence-corrected chi connectivity index (χ2v) is 3.35. The van der Waals surface area contributed by atoms with E-state index >= 15 is 0 Å². The van der Waals surface area contributed by atoms with Gasteiger partial charge in [0.1, 0.15) is 0 Å². The summed E-state index contributed by atoms with van der Waals surface area (Å²) in [5.41, 5.74) is 0. The zero-order valence-corrected chi connectivity index (χ0v) is 8.03. The molecule has 0 spiro atoms. The highest BCUT2D eigenvalue weighted by atomic mass is 16.5. The zero-order valence-electron chi connectivity index (χ0n) is 8.03. The smallest absolute Gasteiger partial charge is 0.334 e. The standard InChI is InChI=1S/C9H17NO3/c1-2-3-4-10-5-6-13-8(7-10)9(11)12/h8H,2-7H2,1H3,(H,11,12)/t8-/m0/s1. The Kier molecular flexibility index (Phi) is 4.18. The first kappa shape index (κ1) is 10.5. The molecule has 1 aliphatic rings. The number of unbranched alkanes of at least 4 members (excludes halogenated alkanes) is 1. The van der Waals surface area contributed by atoms with Crippen molar-refractivity contribution in [2.75, 3.05) is 26.2 Å². The number of carboxylic acids is 1. The summed E-state index contributed by atoms with van der Waals surface area (Å²) in [6, 6.07) is 0. The van der Waals surface area contributed by atoms with Crippen LogP contribution in [0.25, 0.3) is 0 Å². The van der Waals surface area contributed by atoms with Crippen LogP contribution in [0.3, 0.4) is 0 Å². The van der Waals surface area contributed by atoms with E-state index in [9.17, 15) is 4.79 Å². The van der Waals surface area contributed by atoms with Crippen molar-refractivity contribution in [1.82, 2.24) is 4.90 Å². The molecule has 0 amide bonds. The summed E-state index contributed by atoms with van der Waals surface area (Å²) in [7, 11) is 0. The fourth-order valence-electron chi connectivity index (χ4n) is 1.44. The Morgan fingerprint density at radius 1 is 1.69 bits per heavy atom. The van der Waals surface area contributed by atoms with Crippen molar-refractivity contribution >= 4 is 5.97 Å². The van der Waals surface area contributed by atoms with E-state index in [1.54, 1.807) is 0 Å². The summed E-state index contributed by atoms with van der Waals surface area (Å²) in [5.74, 6) is -0.846. The summed E-state index contributed by atoms with van der Waals surface area (Å²) in [4.78, 5) is 12.8. The van der Waals surface area contributed by atoms with Crippen molar-refractivity contribution in [3.63, 3.8) is 0 Å². The van der Waals surface area contributed by atoms with E-state index in [-0.39, 0.29) is 0 Å². The molecule has 76 valence electrons. The van der Waals surface area contributed by atoms with Crippen molar-refractivity contribution in [1.29, 1.82) is 0 Å². The Hall–Kier alpha value is -0.610. The summed E-state index contributed by atoms with van der Waals surface area (Å²) in [6.45, 7) is 5.07. The van der Waals surface area contributed by atoms with Crippen LogP contribution in [0.5, 0.6) is 0 Å². The third-order valence-electron chi connectivity index (χ3n) is 2.25. The molecule has 0 aromatic carbocycles. The van der Waals surface area contributed by atoms with Gasteiger partial charge in [0.25, 0.3) is 0 Å². The van der Waals surface area contributed by atoms with Gasteiger partial charge in [-0.2, -0.15) is 0 Å². The number of hydrogen-bond donors (Lipinski definition) is 1. The first-order valence-corrected chi connectivity index (χ1v) is 4.80. The molecule has 0 unspecified atom stereocenters. The van der Waals surface area contributed by atoms with Crippen LogP contribution in [0.1, 0.15) is 19.8 Å². The molecule has 1 aliphatic heterocycles. The van der Waals surface area contributed by atoms with E-state index in [0.717, 1.165) is 25.9 Å². The summed E-state index contributed by atoms with van der Waals surface area (Å²) in [6.07, 6.45) is 1.66. The van der Waals surface area contributed by atoms with Gasteiger partial charge in [-0.25, -0.2) is 4.79 Å². The number of nitrogens with zero attached hydrogens (tertiary/aromatic N) is 1. The van der Waals surface area contributed by atoms with E-state index in [4.69, 9.17) is 9.84 Å². The lowest BCUT2D eigenvalue weighted by Gasteiger charge is -2.30. The van der Waals surface area contributed by atoms with Crippen LogP contribution in [0.15, 0.2) is 0 Å². The molecule has 0 bridgehead atoms. The van der Waals surface area contributed by atoms with Crippen LogP contribution in [-0.2, 0) is 9.53 Å². The molecule has 1 atom stereocenters. The lowest BCUT2D eigenvalue weighted by molar-refractivity contribution is -0.156. The number of ether oxygens (including phenoxy) is 1. The van der Waals surface area contributed by atoms with Gasteiger partial charge in [0, 0.05) is 13.1 Å². The summed E-state index contributed by atoms with van der Waals surface area (Å²) < 4.78 is 5.11. The predicted molar refractivity (Wildman–Crippen MR) is 48.7 cm³/mol. The number of morpholine rings is 1. The highest BCUT2D eigenvalue weighted by Gasteiger charge is 2.25. The molecule has 0 aliphatic carbocycles.